The number of methoxy groups -OCH3 is 2. The van der Waals surface area contributed by atoms with Crippen LogP contribution in [0.2, 0.25) is 0 Å². The normalized spacial score (nSPS) is 13.4. The molecular formula is C9H20O2. The van der Waals surface area contributed by atoms with E-state index in [0.29, 0.717) is 5.92 Å². The van der Waals surface area contributed by atoms with Gasteiger partial charge in [0.1, 0.15) is 0 Å². The standard InChI is InChI=1S/C9H20O2/c1-4-5-9(8-11-3)6-7-10-2/h9H,4-8H2,1-3H3. The van der Waals surface area contributed by atoms with Gasteiger partial charge in [0.05, 0.1) is 0 Å². The van der Waals surface area contributed by atoms with Crippen molar-refractivity contribution in [1.82, 2.24) is 0 Å². The van der Waals surface area contributed by atoms with E-state index in [4.69, 9.17) is 9.47 Å². The molecule has 0 saturated carbocycles. The second-order valence-corrected chi connectivity index (χ2v) is 2.89. The van der Waals surface area contributed by atoms with Crippen LogP contribution in [0.5, 0.6) is 0 Å². The van der Waals surface area contributed by atoms with E-state index in [9.17, 15) is 0 Å². The van der Waals surface area contributed by atoms with E-state index in [1.54, 1.807) is 14.2 Å². The van der Waals surface area contributed by atoms with Crippen molar-refractivity contribution in [2.45, 2.75) is 26.2 Å². The van der Waals surface area contributed by atoms with Crippen LogP contribution < -0.4 is 0 Å². The zero-order valence-electron chi connectivity index (χ0n) is 7.93. The molecule has 0 aromatic rings. The first-order chi connectivity index (χ1) is 5.35. The second kappa shape index (κ2) is 8.02. The van der Waals surface area contributed by atoms with Gasteiger partial charge in [0.25, 0.3) is 0 Å². The Balaban J connectivity index is 3.34. The topological polar surface area (TPSA) is 18.5 Å². The number of hydrogen-bond acceptors (Lipinski definition) is 2. The van der Waals surface area contributed by atoms with Gasteiger partial charge in [0.15, 0.2) is 0 Å². The highest BCUT2D eigenvalue weighted by Gasteiger charge is 2.05. The lowest BCUT2D eigenvalue weighted by Gasteiger charge is -2.13. The van der Waals surface area contributed by atoms with Gasteiger partial charge in [-0.25, -0.2) is 0 Å². The molecule has 2 heteroatoms. The molecule has 0 amide bonds. The fourth-order valence-electron chi connectivity index (χ4n) is 1.24. The zero-order chi connectivity index (χ0) is 8.53. The summed E-state index contributed by atoms with van der Waals surface area (Å²) in [5, 5.41) is 0. The van der Waals surface area contributed by atoms with Gasteiger partial charge in [0.2, 0.25) is 0 Å². The van der Waals surface area contributed by atoms with Crippen molar-refractivity contribution in [2.24, 2.45) is 5.92 Å². The van der Waals surface area contributed by atoms with E-state index in [1.165, 1.54) is 12.8 Å². The maximum atomic E-state index is 5.10. The molecule has 0 radical (unpaired) electrons. The van der Waals surface area contributed by atoms with Crippen molar-refractivity contribution < 1.29 is 9.47 Å². The third-order valence-electron chi connectivity index (χ3n) is 1.83. The first-order valence-corrected chi connectivity index (χ1v) is 4.33. The number of ether oxygens (including phenoxy) is 2. The van der Waals surface area contributed by atoms with Crippen LogP contribution in [0.1, 0.15) is 26.2 Å². The molecule has 0 rings (SSSR count). The van der Waals surface area contributed by atoms with Gasteiger partial charge >= 0.3 is 0 Å². The Morgan fingerprint density at radius 3 is 2.27 bits per heavy atom. The van der Waals surface area contributed by atoms with Crippen molar-refractivity contribution in [3.8, 4) is 0 Å². The lowest BCUT2D eigenvalue weighted by molar-refractivity contribution is 0.113. The highest BCUT2D eigenvalue weighted by atomic mass is 16.5. The lowest BCUT2D eigenvalue weighted by atomic mass is 10.0. The molecule has 0 N–H and O–H groups in total. The summed E-state index contributed by atoms with van der Waals surface area (Å²) in [6.45, 7) is 3.93. The summed E-state index contributed by atoms with van der Waals surface area (Å²) in [7, 11) is 3.51. The largest absolute Gasteiger partial charge is 0.385 e. The van der Waals surface area contributed by atoms with Crippen LogP contribution in [0.25, 0.3) is 0 Å². The first-order valence-electron chi connectivity index (χ1n) is 4.33. The van der Waals surface area contributed by atoms with Crippen LogP contribution in [-0.4, -0.2) is 27.4 Å². The van der Waals surface area contributed by atoms with Gasteiger partial charge < -0.3 is 9.47 Å². The van der Waals surface area contributed by atoms with E-state index in [0.717, 1.165) is 19.6 Å². The molecule has 0 aromatic carbocycles. The van der Waals surface area contributed by atoms with Crippen LogP contribution in [-0.2, 0) is 9.47 Å². The highest BCUT2D eigenvalue weighted by Crippen LogP contribution is 2.10. The van der Waals surface area contributed by atoms with Crippen LogP contribution in [0.4, 0.5) is 0 Å². The quantitative estimate of drug-likeness (QED) is 0.567. The van der Waals surface area contributed by atoms with E-state index in [-0.39, 0.29) is 0 Å². The molecule has 0 fully saturated rings. The lowest BCUT2D eigenvalue weighted by Crippen LogP contribution is -2.10. The number of rotatable bonds is 7. The van der Waals surface area contributed by atoms with Gasteiger partial charge in [-0.2, -0.15) is 0 Å². The highest BCUT2D eigenvalue weighted by molar-refractivity contribution is 4.56. The SMILES string of the molecule is CCCC(CCOC)COC. The van der Waals surface area contributed by atoms with Crippen molar-refractivity contribution in [2.75, 3.05) is 27.4 Å². The molecule has 0 bridgehead atoms. The van der Waals surface area contributed by atoms with Crippen molar-refractivity contribution in [3.63, 3.8) is 0 Å². The summed E-state index contributed by atoms with van der Waals surface area (Å²) in [4.78, 5) is 0. The minimum atomic E-state index is 0.685. The average molecular weight is 160 g/mol. The van der Waals surface area contributed by atoms with Gasteiger partial charge in [0, 0.05) is 27.4 Å². The van der Waals surface area contributed by atoms with Gasteiger partial charge in [-0.1, -0.05) is 13.3 Å². The van der Waals surface area contributed by atoms with Crippen LogP contribution in [0.3, 0.4) is 0 Å². The van der Waals surface area contributed by atoms with Crippen molar-refractivity contribution >= 4 is 0 Å². The summed E-state index contributed by atoms with van der Waals surface area (Å²) < 4.78 is 10.1. The predicted molar refractivity (Wildman–Crippen MR) is 46.8 cm³/mol. The Bertz CT molecular complexity index is 68.0. The Hall–Kier alpha value is -0.0800. The fourth-order valence-corrected chi connectivity index (χ4v) is 1.24. The van der Waals surface area contributed by atoms with Crippen molar-refractivity contribution in [3.05, 3.63) is 0 Å². The molecule has 0 saturated heterocycles. The Morgan fingerprint density at radius 2 is 1.82 bits per heavy atom. The molecule has 2 nitrogen and oxygen atoms in total. The van der Waals surface area contributed by atoms with E-state index >= 15 is 0 Å². The fraction of sp³-hybridized carbons (Fsp3) is 1.00. The molecule has 0 aliphatic carbocycles. The molecule has 68 valence electrons. The average Bonchev–Trinajstić information content (AvgIpc) is 2.01. The molecule has 0 heterocycles. The molecule has 1 unspecified atom stereocenters. The summed E-state index contributed by atoms with van der Waals surface area (Å²) in [6, 6.07) is 0. The molecule has 1 atom stereocenters. The van der Waals surface area contributed by atoms with E-state index in [2.05, 4.69) is 6.92 Å². The molecule has 0 aromatic heterocycles. The summed E-state index contributed by atoms with van der Waals surface area (Å²) in [5.41, 5.74) is 0. The molecule has 0 spiro atoms. The van der Waals surface area contributed by atoms with Crippen molar-refractivity contribution in [1.29, 1.82) is 0 Å². The second-order valence-electron chi connectivity index (χ2n) is 2.89. The smallest absolute Gasteiger partial charge is 0.0491 e. The number of hydrogen-bond donors (Lipinski definition) is 0. The summed E-state index contributed by atoms with van der Waals surface area (Å²) in [6.07, 6.45) is 3.60. The maximum Gasteiger partial charge on any atom is 0.0491 e. The zero-order valence-corrected chi connectivity index (χ0v) is 7.93. The molecule has 0 aliphatic rings. The Kier molecular flexibility index (Phi) is 7.96. The van der Waals surface area contributed by atoms with Gasteiger partial charge in [-0.05, 0) is 18.8 Å². The summed E-state index contributed by atoms with van der Waals surface area (Å²) in [5.74, 6) is 0.685. The molecular weight excluding hydrogens is 140 g/mol. The van der Waals surface area contributed by atoms with Crippen LogP contribution >= 0.6 is 0 Å². The van der Waals surface area contributed by atoms with E-state index in [1.807, 2.05) is 0 Å². The van der Waals surface area contributed by atoms with Crippen LogP contribution in [0, 0.1) is 5.92 Å². The van der Waals surface area contributed by atoms with Gasteiger partial charge in [-0.15, -0.1) is 0 Å². The maximum absolute atomic E-state index is 5.10. The van der Waals surface area contributed by atoms with Crippen LogP contribution in [0.15, 0.2) is 0 Å². The Morgan fingerprint density at radius 1 is 1.09 bits per heavy atom. The van der Waals surface area contributed by atoms with E-state index < -0.39 is 0 Å². The minimum absolute atomic E-state index is 0.685. The third kappa shape index (κ3) is 6.32. The van der Waals surface area contributed by atoms with Gasteiger partial charge in [-0.3, -0.25) is 0 Å². The molecule has 11 heavy (non-hydrogen) atoms. The Labute approximate surface area is 69.9 Å². The minimum Gasteiger partial charge on any atom is -0.385 e. The monoisotopic (exact) mass is 160 g/mol. The first kappa shape index (κ1) is 10.9. The third-order valence-corrected chi connectivity index (χ3v) is 1.83. The summed E-state index contributed by atoms with van der Waals surface area (Å²) >= 11 is 0. The predicted octanol–water partition coefficient (Wildman–Crippen LogP) is 2.09. The molecule has 0 aliphatic heterocycles.